The van der Waals surface area contributed by atoms with Gasteiger partial charge < -0.3 is 20.3 Å². The summed E-state index contributed by atoms with van der Waals surface area (Å²) in [6.07, 6.45) is 0.455. The highest BCUT2D eigenvalue weighted by Crippen LogP contribution is 2.29. The number of esters is 1. The van der Waals surface area contributed by atoms with Crippen molar-refractivity contribution in [3.8, 4) is 11.5 Å². The second-order valence-electron chi connectivity index (χ2n) is 7.59. The van der Waals surface area contributed by atoms with Crippen molar-refractivity contribution in [2.24, 2.45) is 5.73 Å². The van der Waals surface area contributed by atoms with Crippen LogP contribution in [0.3, 0.4) is 0 Å². The van der Waals surface area contributed by atoms with Crippen molar-refractivity contribution in [1.82, 2.24) is 0 Å². The van der Waals surface area contributed by atoms with Crippen molar-refractivity contribution >= 4 is 5.97 Å². The average Bonchev–Trinajstić information content (AvgIpc) is 2.63. The summed E-state index contributed by atoms with van der Waals surface area (Å²) in [5.74, 6) is 0.818. The van der Waals surface area contributed by atoms with Crippen LogP contribution in [0.15, 0.2) is 30.3 Å². The number of carbonyl (C=O) groups is 1. The number of ether oxygens (including phenoxy) is 2. The fraction of sp³-hybridized carbons (Fsp3) is 0.435. The first kappa shape index (κ1) is 21.8. The second-order valence-corrected chi connectivity index (χ2v) is 7.59. The van der Waals surface area contributed by atoms with Gasteiger partial charge in [0.15, 0.2) is 6.61 Å². The molecule has 152 valence electrons. The Labute approximate surface area is 167 Å². The first-order chi connectivity index (χ1) is 13.2. The van der Waals surface area contributed by atoms with Gasteiger partial charge in [0, 0.05) is 6.54 Å². The first-order valence-electron chi connectivity index (χ1n) is 9.65. The van der Waals surface area contributed by atoms with Crippen molar-refractivity contribution in [2.45, 2.75) is 53.1 Å². The lowest BCUT2D eigenvalue weighted by Crippen LogP contribution is -2.26. The Bertz CT molecular complexity index is 806. The zero-order valence-electron chi connectivity index (χ0n) is 17.4. The number of rotatable bonds is 8. The Morgan fingerprint density at radius 1 is 1.11 bits per heavy atom. The molecule has 0 fully saturated rings. The average molecular weight is 386 g/mol. The molecule has 28 heavy (non-hydrogen) atoms. The van der Waals surface area contributed by atoms with Crippen LogP contribution < -0.4 is 10.5 Å². The number of aryl methyl sites for hydroxylation is 2. The normalized spacial score (nSPS) is 12.1. The molecule has 2 aromatic rings. The number of nitrogens with two attached hydrogens (primary N) is 1. The molecule has 0 saturated carbocycles. The smallest absolute Gasteiger partial charge is 0.344 e. The molecule has 0 heterocycles. The lowest BCUT2D eigenvalue weighted by Gasteiger charge is -2.16. The minimum Gasteiger partial charge on any atom is -0.508 e. The van der Waals surface area contributed by atoms with Crippen LogP contribution in [-0.2, 0) is 16.0 Å². The number of hydrogen-bond donors (Lipinski definition) is 2. The largest absolute Gasteiger partial charge is 0.508 e. The van der Waals surface area contributed by atoms with Gasteiger partial charge in [-0.2, -0.15) is 0 Å². The molecular weight excluding hydrogens is 354 g/mol. The van der Waals surface area contributed by atoms with Crippen LogP contribution in [0.1, 0.15) is 54.5 Å². The quantitative estimate of drug-likeness (QED) is 0.672. The first-order valence-corrected chi connectivity index (χ1v) is 9.65. The molecule has 0 radical (unpaired) electrons. The highest BCUT2D eigenvalue weighted by molar-refractivity contribution is 5.71. The minimum atomic E-state index is -0.428. The molecule has 1 atom stereocenters. The molecule has 0 spiro atoms. The van der Waals surface area contributed by atoms with Crippen LogP contribution >= 0.6 is 0 Å². The molecule has 0 bridgehead atoms. The van der Waals surface area contributed by atoms with Crippen molar-refractivity contribution in [3.63, 3.8) is 0 Å². The third-order valence-electron chi connectivity index (χ3n) is 4.79. The Balaban J connectivity index is 2.12. The van der Waals surface area contributed by atoms with Crippen LogP contribution in [-0.4, -0.2) is 30.3 Å². The zero-order valence-corrected chi connectivity index (χ0v) is 17.4. The molecule has 5 heteroatoms. The summed E-state index contributed by atoms with van der Waals surface area (Å²) >= 11 is 0. The predicted octanol–water partition coefficient (Wildman–Crippen LogP) is 3.99. The van der Waals surface area contributed by atoms with Gasteiger partial charge in [0.2, 0.25) is 0 Å². The SMILES string of the molecule is Cc1cc(OCC(=O)O[C@@H](C)CN)cc(C)c1Cc1ccc(O)c(C(C)C)c1. The van der Waals surface area contributed by atoms with Gasteiger partial charge >= 0.3 is 5.97 Å². The number of phenols is 1. The van der Waals surface area contributed by atoms with Crippen LogP contribution in [0.5, 0.6) is 11.5 Å². The van der Waals surface area contributed by atoms with Crippen LogP contribution in [0.4, 0.5) is 0 Å². The fourth-order valence-electron chi connectivity index (χ4n) is 3.15. The Morgan fingerprint density at radius 3 is 2.32 bits per heavy atom. The van der Waals surface area contributed by atoms with E-state index in [0.717, 1.165) is 28.7 Å². The van der Waals surface area contributed by atoms with E-state index in [4.69, 9.17) is 15.2 Å². The van der Waals surface area contributed by atoms with E-state index < -0.39 is 5.97 Å². The third kappa shape index (κ3) is 5.73. The molecular formula is C23H31NO4. The summed E-state index contributed by atoms with van der Waals surface area (Å²) in [4.78, 5) is 11.8. The van der Waals surface area contributed by atoms with Gasteiger partial charge in [0.05, 0.1) is 0 Å². The lowest BCUT2D eigenvalue weighted by molar-refractivity contribution is -0.150. The van der Waals surface area contributed by atoms with Gasteiger partial charge in [-0.15, -0.1) is 0 Å². The predicted molar refractivity (Wildman–Crippen MR) is 111 cm³/mol. The van der Waals surface area contributed by atoms with E-state index >= 15 is 0 Å². The Hall–Kier alpha value is -2.53. The van der Waals surface area contributed by atoms with E-state index in [2.05, 4.69) is 19.9 Å². The van der Waals surface area contributed by atoms with Crippen LogP contribution in [0, 0.1) is 13.8 Å². The van der Waals surface area contributed by atoms with E-state index in [-0.39, 0.29) is 25.2 Å². The van der Waals surface area contributed by atoms with E-state index in [1.54, 1.807) is 13.0 Å². The molecule has 0 aliphatic carbocycles. The van der Waals surface area contributed by atoms with Crippen LogP contribution in [0.25, 0.3) is 0 Å². The molecule has 0 aromatic heterocycles. The van der Waals surface area contributed by atoms with E-state index in [1.165, 1.54) is 5.56 Å². The number of hydrogen-bond acceptors (Lipinski definition) is 5. The summed E-state index contributed by atoms with van der Waals surface area (Å²) in [6, 6.07) is 9.66. The molecule has 0 aliphatic rings. The highest BCUT2D eigenvalue weighted by Gasteiger charge is 2.13. The van der Waals surface area contributed by atoms with Crippen molar-refractivity contribution in [1.29, 1.82) is 0 Å². The Morgan fingerprint density at radius 2 is 1.75 bits per heavy atom. The number of phenolic OH excluding ortho intramolecular Hbond substituents is 1. The third-order valence-corrected chi connectivity index (χ3v) is 4.79. The Kier molecular flexibility index (Phi) is 7.46. The molecule has 0 saturated heterocycles. The lowest BCUT2D eigenvalue weighted by atomic mass is 9.93. The molecule has 0 aliphatic heterocycles. The summed E-state index contributed by atoms with van der Waals surface area (Å²) in [5.41, 5.74) is 11.0. The van der Waals surface area contributed by atoms with Crippen molar-refractivity contribution in [2.75, 3.05) is 13.2 Å². The van der Waals surface area contributed by atoms with E-state index in [9.17, 15) is 9.90 Å². The molecule has 2 aromatic carbocycles. The maximum Gasteiger partial charge on any atom is 0.344 e. The molecule has 2 rings (SSSR count). The van der Waals surface area contributed by atoms with Crippen LogP contribution in [0.2, 0.25) is 0 Å². The molecule has 3 N–H and O–H groups in total. The molecule has 0 unspecified atom stereocenters. The monoisotopic (exact) mass is 385 g/mol. The fourth-order valence-corrected chi connectivity index (χ4v) is 3.15. The van der Waals surface area contributed by atoms with Gasteiger partial charge in [0.1, 0.15) is 17.6 Å². The van der Waals surface area contributed by atoms with Gasteiger partial charge in [-0.05, 0) is 79.1 Å². The standard InChI is InChI=1S/C23H31NO4/c1-14(2)20-10-18(6-7-22(20)25)11-21-15(3)8-19(9-16(21)4)27-13-23(26)28-17(5)12-24/h6-10,14,17,25H,11-13,24H2,1-5H3/t17-/m0/s1. The van der Waals surface area contributed by atoms with E-state index in [0.29, 0.717) is 11.5 Å². The highest BCUT2D eigenvalue weighted by atomic mass is 16.6. The number of benzene rings is 2. The topological polar surface area (TPSA) is 81.8 Å². The van der Waals surface area contributed by atoms with Crippen molar-refractivity contribution < 1.29 is 19.4 Å². The molecule has 0 amide bonds. The maximum absolute atomic E-state index is 11.8. The summed E-state index contributed by atoms with van der Waals surface area (Å²) in [6.45, 7) is 10.1. The van der Waals surface area contributed by atoms with Crippen molar-refractivity contribution in [3.05, 3.63) is 58.1 Å². The van der Waals surface area contributed by atoms with Gasteiger partial charge in [-0.25, -0.2) is 4.79 Å². The summed E-state index contributed by atoms with van der Waals surface area (Å²) < 4.78 is 10.7. The van der Waals surface area contributed by atoms with E-state index in [1.807, 2.05) is 32.0 Å². The van der Waals surface area contributed by atoms with Gasteiger partial charge in [-0.3, -0.25) is 0 Å². The summed E-state index contributed by atoms with van der Waals surface area (Å²) in [7, 11) is 0. The maximum atomic E-state index is 11.8. The number of aromatic hydroxyl groups is 1. The second kappa shape index (κ2) is 9.60. The summed E-state index contributed by atoms with van der Waals surface area (Å²) in [5, 5.41) is 10.0. The molecule has 5 nitrogen and oxygen atoms in total. The number of carbonyl (C=O) groups excluding carboxylic acids is 1. The van der Waals surface area contributed by atoms with Gasteiger partial charge in [-0.1, -0.05) is 26.0 Å². The van der Waals surface area contributed by atoms with Gasteiger partial charge in [0.25, 0.3) is 0 Å². The zero-order chi connectivity index (χ0) is 20.8. The minimum absolute atomic E-state index is 0.141.